The molecule has 1 heterocycles. The topological polar surface area (TPSA) is 42.4 Å². The zero-order chi connectivity index (χ0) is 19.6. The van der Waals surface area contributed by atoms with Crippen molar-refractivity contribution in [2.24, 2.45) is 0 Å². The first-order valence-electron chi connectivity index (χ1n) is 9.54. The lowest BCUT2D eigenvalue weighted by Gasteiger charge is -2.29. The number of pyridine rings is 1. The molecule has 1 unspecified atom stereocenters. The summed E-state index contributed by atoms with van der Waals surface area (Å²) in [6.45, 7) is 5.27. The molecule has 4 aromatic rings. The normalized spacial score (nSPS) is 13.7. The van der Waals surface area contributed by atoms with Crippen LogP contribution in [0.4, 0.5) is 0 Å². The van der Waals surface area contributed by atoms with Crippen LogP contribution in [-0.2, 0) is 4.57 Å². The maximum atomic E-state index is 14.0. The Hall–Kier alpha value is -2.68. The van der Waals surface area contributed by atoms with E-state index in [-0.39, 0.29) is 0 Å². The average Bonchev–Trinajstić information content (AvgIpc) is 2.73. The Bertz CT molecular complexity index is 1160. The van der Waals surface area contributed by atoms with Crippen LogP contribution >= 0.6 is 7.52 Å². The maximum absolute atomic E-state index is 14.0. The number of benzene rings is 3. The van der Waals surface area contributed by atoms with Crippen LogP contribution in [0.5, 0.6) is 5.75 Å². The quantitative estimate of drug-likeness (QED) is 0.316. The number of rotatable bonds is 6. The van der Waals surface area contributed by atoms with Crippen LogP contribution in [0.1, 0.15) is 13.8 Å². The van der Waals surface area contributed by atoms with Gasteiger partial charge in [0.05, 0.1) is 16.3 Å². The van der Waals surface area contributed by atoms with E-state index in [0.717, 1.165) is 21.8 Å². The first-order valence-corrected chi connectivity index (χ1v) is 11.1. The second kappa shape index (κ2) is 7.75. The molecule has 142 valence electrons. The summed E-state index contributed by atoms with van der Waals surface area (Å²) in [5.74, 6) is 0.564. The van der Waals surface area contributed by atoms with Gasteiger partial charge in [-0.2, -0.15) is 0 Å². The molecule has 0 saturated carbocycles. The Morgan fingerprint density at radius 3 is 2.25 bits per heavy atom. The highest BCUT2D eigenvalue weighted by Crippen LogP contribution is 2.49. The minimum Gasteiger partial charge on any atom is -0.429 e. The molecule has 0 aliphatic heterocycles. The first kappa shape index (κ1) is 18.7. The van der Waals surface area contributed by atoms with E-state index in [1.807, 2.05) is 85.2 Å². The Labute approximate surface area is 165 Å². The van der Waals surface area contributed by atoms with Crippen molar-refractivity contribution in [1.29, 1.82) is 0 Å². The van der Waals surface area contributed by atoms with Gasteiger partial charge in [-0.25, -0.2) is 9.65 Å². The summed E-state index contributed by atoms with van der Waals surface area (Å²) in [6.07, 6.45) is 0. The number of aromatic nitrogens is 1. The van der Waals surface area contributed by atoms with Crippen LogP contribution in [0.25, 0.3) is 21.8 Å². The van der Waals surface area contributed by atoms with E-state index in [1.165, 1.54) is 0 Å². The molecule has 28 heavy (non-hydrogen) atoms. The monoisotopic (exact) mass is 390 g/mol. The summed E-state index contributed by atoms with van der Waals surface area (Å²) in [4.78, 5) is 4.74. The van der Waals surface area contributed by atoms with Gasteiger partial charge < -0.3 is 4.52 Å². The Morgan fingerprint density at radius 2 is 1.50 bits per heavy atom. The van der Waals surface area contributed by atoms with Crippen molar-refractivity contribution < 1.29 is 9.09 Å². The highest BCUT2D eigenvalue weighted by atomic mass is 31.2. The molecule has 0 aliphatic rings. The van der Waals surface area contributed by atoms with Crippen LogP contribution in [0.2, 0.25) is 0 Å². The number of fused-ring (bicyclic) bond motifs is 2. The maximum Gasteiger partial charge on any atom is 0.349 e. The molecule has 0 saturated heterocycles. The van der Waals surface area contributed by atoms with Gasteiger partial charge in [0.1, 0.15) is 5.75 Å². The van der Waals surface area contributed by atoms with Gasteiger partial charge in [0.2, 0.25) is 0 Å². The number of hydrogen-bond donors (Lipinski definition) is 0. The third-order valence-corrected chi connectivity index (χ3v) is 7.62. The molecular weight excluding hydrogens is 367 g/mol. The molecule has 0 fully saturated rings. The predicted molar refractivity (Wildman–Crippen MR) is 116 cm³/mol. The summed E-state index contributed by atoms with van der Waals surface area (Å²) >= 11 is 0. The van der Waals surface area contributed by atoms with Gasteiger partial charge in [-0.1, -0.05) is 50.2 Å². The molecule has 0 N–H and O–H groups in total. The number of nitrogens with zero attached hydrogens (tertiary/aromatic N) is 2. The van der Waals surface area contributed by atoms with Crippen molar-refractivity contribution in [3.63, 3.8) is 0 Å². The van der Waals surface area contributed by atoms with Crippen LogP contribution in [0, 0.1) is 0 Å². The third kappa shape index (κ3) is 3.42. The fourth-order valence-corrected chi connectivity index (χ4v) is 5.68. The molecule has 0 aliphatic carbocycles. The van der Waals surface area contributed by atoms with Crippen LogP contribution in [-0.4, -0.2) is 22.7 Å². The molecule has 0 radical (unpaired) electrons. The Kier molecular flexibility index (Phi) is 5.17. The summed E-state index contributed by atoms with van der Waals surface area (Å²) in [5.41, 5.74) is 1.76. The lowest BCUT2D eigenvalue weighted by Crippen LogP contribution is -2.28. The van der Waals surface area contributed by atoms with E-state index in [1.54, 1.807) is 0 Å². The van der Waals surface area contributed by atoms with E-state index in [2.05, 4.69) is 12.1 Å². The summed E-state index contributed by atoms with van der Waals surface area (Å²) in [5, 5.41) is 2.83. The fourth-order valence-electron chi connectivity index (χ4n) is 3.44. The zero-order valence-electron chi connectivity index (χ0n) is 16.1. The predicted octanol–water partition coefficient (Wildman–Crippen LogP) is 5.63. The third-order valence-electron chi connectivity index (χ3n) is 4.90. The van der Waals surface area contributed by atoms with Gasteiger partial charge >= 0.3 is 7.52 Å². The van der Waals surface area contributed by atoms with Crippen LogP contribution < -0.4 is 9.83 Å². The number of para-hydroxylation sites is 1. The van der Waals surface area contributed by atoms with Gasteiger partial charge in [0.15, 0.2) is 0 Å². The second-order valence-corrected chi connectivity index (χ2v) is 8.93. The van der Waals surface area contributed by atoms with Crippen molar-refractivity contribution in [3.8, 4) is 5.75 Å². The van der Waals surface area contributed by atoms with Gasteiger partial charge in [-0.15, -0.1) is 0 Å². The van der Waals surface area contributed by atoms with Gasteiger partial charge in [0.25, 0.3) is 0 Å². The molecule has 5 heteroatoms. The van der Waals surface area contributed by atoms with Crippen molar-refractivity contribution in [1.82, 2.24) is 9.65 Å². The van der Waals surface area contributed by atoms with E-state index in [9.17, 15) is 4.57 Å². The van der Waals surface area contributed by atoms with Gasteiger partial charge in [0, 0.05) is 29.9 Å². The van der Waals surface area contributed by atoms with Crippen molar-refractivity contribution in [3.05, 3.63) is 78.9 Å². The summed E-state index contributed by atoms with van der Waals surface area (Å²) in [7, 11) is -3.22. The lowest BCUT2D eigenvalue weighted by atomic mass is 10.1. The summed E-state index contributed by atoms with van der Waals surface area (Å²) in [6, 6.07) is 25.3. The van der Waals surface area contributed by atoms with E-state index in [0.29, 0.717) is 24.1 Å². The molecular formula is C23H23N2O2P. The summed E-state index contributed by atoms with van der Waals surface area (Å²) < 4.78 is 22.1. The minimum atomic E-state index is -3.22. The SMILES string of the molecule is CCN(CC)P(=O)(Oc1ccc2cc3ccccc3nc2c1)c1ccccc1. The van der Waals surface area contributed by atoms with E-state index < -0.39 is 7.52 Å². The van der Waals surface area contributed by atoms with Crippen molar-refractivity contribution in [2.45, 2.75) is 13.8 Å². The Balaban J connectivity index is 1.79. The standard InChI is InChI=1S/C23H23N2O2P/c1-3-25(4-2)28(26,21-11-6-5-7-12-21)27-20-15-14-19-16-18-10-8-9-13-22(18)24-23(19)17-20/h5-17H,3-4H2,1-2H3. The van der Waals surface area contributed by atoms with Gasteiger partial charge in [-0.3, -0.25) is 4.57 Å². The fraction of sp³-hybridized carbons (Fsp3) is 0.174. The first-order chi connectivity index (χ1) is 13.6. The second-order valence-electron chi connectivity index (χ2n) is 6.62. The van der Waals surface area contributed by atoms with Gasteiger partial charge in [-0.05, 0) is 36.4 Å². The molecule has 1 atom stereocenters. The molecule has 3 aromatic carbocycles. The van der Waals surface area contributed by atoms with E-state index >= 15 is 0 Å². The highest BCUT2D eigenvalue weighted by molar-refractivity contribution is 7.65. The smallest absolute Gasteiger partial charge is 0.349 e. The minimum absolute atomic E-state index is 0.564. The molecule has 1 aromatic heterocycles. The molecule has 4 nitrogen and oxygen atoms in total. The van der Waals surface area contributed by atoms with Crippen molar-refractivity contribution >= 4 is 34.6 Å². The zero-order valence-corrected chi connectivity index (χ0v) is 17.0. The highest BCUT2D eigenvalue weighted by Gasteiger charge is 2.33. The Morgan fingerprint density at radius 1 is 0.821 bits per heavy atom. The number of hydrogen-bond acceptors (Lipinski definition) is 3. The molecule has 0 amide bonds. The average molecular weight is 390 g/mol. The molecule has 0 bridgehead atoms. The largest absolute Gasteiger partial charge is 0.429 e. The van der Waals surface area contributed by atoms with Crippen LogP contribution in [0.15, 0.2) is 78.9 Å². The van der Waals surface area contributed by atoms with Crippen molar-refractivity contribution in [2.75, 3.05) is 13.1 Å². The lowest BCUT2D eigenvalue weighted by molar-refractivity contribution is 0.381. The molecule has 4 rings (SSSR count). The molecule has 0 spiro atoms. The van der Waals surface area contributed by atoms with E-state index in [4.69, 9.17) is 9.51 Å². The van der Waals surface area contributed by atoms with Crippen LogP contribution in [0.3, 0.4) is 0 Å².